The Balaban J connectivity index is 1.84. The predicted molar refractivity (Wildman–Crippen MR) is 88.8 cm³/mol. The highest BCUT2D eigenvalue weighted by Crippen LogP contribution is 2.36. The van der Waals surface area contributed by atoms with Crippen LogP contribution in [0.2, 0.25) is 0 Å². The van der Waals surface area contributed by atoms with Crippen molar-refractivity contribution < 1.29 is 9.53 Å². The summed E-state index contributed by atoms with van der Waals surface area (Å²) in [5.41, 5.74) is 3.08. The molecule has 1 aliphatic carbocycles. The number of hydrogen-bond acceptors (Lipinski definition) is 4. The van der Waals surface area contributed by atoms with Gasteiger partial charge in [0, 0.05) is 12.4 Å². The minimum atomic E-state index is -0.165. The lowest BCUT2D eigenvalue weighted by molar-refractivity contribution is -0.117. The van der Waals surface area contributed by atoms with Crippen LogP contribution in [0.25, 0.3) is 0 Å². The highest BCUT2D eigenvalue weighted by Gasteiger charge is 2.29. The van der Waals surface area contributed by atoms with E-state index in [0.29, 0.717) is 5.82 Å². The van der Waals surface area contributed by atoms with Crippen LogP contribution >= 0.6 is 0 Å². The summed E-state index contributed by atoms with van der Waals surface area (Å²) >= 11 is 0. The standard InChI is InChI=1S/C18H21N3O2/c1-11(2)16-17(20-9-8-19-16)21-18(22)14-7-5-12-4-6-13(23-3)10-15(12)14/h4,6,8-11,14H,5,7H2,1-3H3,(H,20,21,22). The van der Waals surface area contributed by atoms with Crippen LogP contribution in [0, 0.1) is 0 Å². The number of aromatic nitrogens is 2. The molecule has 5 heteroatoms. The third-order valence-corrected chi connectivity index (χ3v) is 4.26. The quantitative estimate of drug-likeness (QED) is 0.941. The van der Waals surface area contributed by atoms with Crippen molar-refractivity contribution in [2.45, 2.75) is 38.5 Å². The Morgan fingerprint density at radius 2 is 2.09 bits per heavy atom. The molecule has 2 aromatic rings. The lowest BCUT2D eigenvalue weighted by Gasteiger charge is -2.15. The molecule has 1 amide bonds. The average molecular weight is 311 g/mol. The fraction of sp³-hybridized carbons (Fsp3) is 0.389. The van der Waals surface area contributed by atoms with Crippen molar-refractivity contribution in [1.82, 2.24) is 9.97 Å². The largest absolute Gasteiger partial charge is 0.497 e. The van der Waals surface area contributed by atoms with Crippen molar-refractivity contribution in [3.05, 3.63) is 47.4 Å². The van der Waals surface area contributed by atoms with Gasteiger partial charge in [0.2, 0.25) is 5.91 Å². The zero-order valence-electron chi connectivity index (χ0n) is 13.7. The van der Waals surface area contributed by atoms with E-state index in [1.807, 2.05) is 32.0 Å². The van der Waals surface area contributed by atoms with Crippen molar-refractivity contribution in [2.24, 2.45) is 0 Å². The van der Waals surface area contributed by atoms with Crippen LogP contribution in [0.5, 0.6) is 5.75 Å². The van der Waals surface area contributed by atoms with E-state index in [4.69, 9.17) is 4.74 Å². The molecular weight excluding hydrogens is 290 g/mol. The first-order chi connectivity index (χ1) is 11.1. The molecule has 1 aliphatic rings. The van der Waals surface area contributed by atoms with Gasteiger partial charge in [0.1, 0.15) is 5.75 Å². The average Bonchev–Trinajstić information content (AvgIpc) is 2.98. The number of anilines is 1. The fourth-order valence-electron chi connectivity index (χ4n) is 3.05. The Hall–Kier alpha value is -2.43. The van der Waals surface area contributed by atoms with Gasteiger partial charge in [-0.25, -0.2) is 4.98 Å². The van der Waals surface area contributed by atoms with Crippen molar-refractivity contribution >= 4 is 11.7 Å². The first kappa shape index (κ1) is 15.5. The highest BCUT2D eigenvalue weighted by molar-refractivity contribution is 5.96. The topological polar surface area (TPSA) is 64.1 Å². The van der Waals surface area contributed by atoms with Crippen LogP contribution < -0.4 is 10.1 Å². The van der Waals surface area contributed by atoms with Gasteiger partial charge in [0.05, 0.1) is 18.7 Å². The molecule has 1 unspecified atom stereocenters. The number of methoxy groups -OCH3 is 1. The van der Waals surface area contributed by atoms with Crippen LogP contribution in [-0.4, -0.2) is 23.0 Å². The van der Waals surface area contributed by atoms with Crippen molar-refractivity contribution in [3.63, 3.8) is 0 Å². The number of benzene rings is 1. The fourth-order valence-corrected chi connectivity index (χ4v) is 3.05. The zero-order valence-corrected chi connectivity index (χ0v) is 13.7. The normalized spacial score (nSPS) is 16.3. The van der Waals surface area contributed by atoms with Crippen LogP contribution in [0.1, 0.15) is 48.9 Å². The van der Waals surface area contributed by atoms with E-state index in [0.717, 1.165) is 29.8 Å². The van der Waals surface area contributed by atoms with Gasteiger partial charge >= 0.3 is 0 Å². The van der Waals surface area contributed by atoms with Crippen LogP contribution in [0.4, 0.5) is 5.82 Å². The monoisotopic (exact) mass is 311 g/mol. The minimum absolute atomic E-state index is 0.0283. The van der Waals surface area contributed by atoms with Gasteiger partial charge < -0.3 is 10.1 Å². The van der Waals surface area contributed by atoms with Crippen molar-refractivity contribution in [3.8, 4) is 5.75 Å². The van der Waals surface area contributed by atoms with Gasteiger partial charge in [-0.1, -0.05) is 19.9 Å². The number of fused-ring (bicyclic) bond motifs is 1. The second kappa shape index (κ2) is 6.36. The molecule has 1 aromatic heterocycles. The first-order valence-corrected chi connectivity index (χ1v) is 7.88. The lowest BCUT2D eigenvalue weighted by atomic mass is 10.00. The molecule has 1 N–H and O–H groups in total. The van der Waals surface area contributed by atoms with Crippen LogP contribution in [0.3, 0.4) is 0 Å². The van der Waals surface area contributed by atoms with E-state index < -0.39 is 0 Å². The Kier molecular flexibility index (Phi) is 4.28. The maximum Gasteiger partial charge on any atom is 0.233 e. The van der Waals surface area contributed by atoms with Crippen LogP contribution in [0.15, 0.2) is 30.6 Å². The summed E-state index contributed by atoms with van der Waals surface area (Å²) in [4.78, 5) is 21.3. The molecule has 1 heterocycles. The Bertz CT molecular complexity index is 728. The molecule has 0 aliphatic heterocycles. The third-order valence-electron chi connectivity index (χ3n) is 4.26. The molecule has 0 bridgehead atoms. The van der Waals surface area contributed by atoms with Crippen molar-refractivity contribution in [2.75, 3.05) is 12.4 Å². The summed E-state index contributed by atoms with van der Waals surface area (Å²) in [6, 6.07) is 5.95. The number of amides is 1. The molecule has 0 saturated heterocycles. The molecule has 0 saturated carbocycles. The number of hydrogen-bond donors (Lipinski definition) is 1. The van der Waals surface area contributed by atoms with Gasteiger partial charge in [-0.2, -0.15) is 0 Å². The number of nitrogens with one attached hydrogen (secondary N) is 1. The molecule has 120 valence electrons. The number of ether oxygens (including phenoxy) is 1. The molecule has 23 heavy (non-hydrogen) atoms. The van der Waals surface area contributed by atoms with Crippen molar-refractivity contribution in [1.29, 1.82) is 0 Å². The number of rotatable bonds is 4. The first-order valence-electron chi connectivity index (χ1n) is 7.88. The van der Waals surface area contributed by atoms with E-state index in [1.54, 1.807) is 19.5 Å². The SMILES string of the molecule is COc1ccc2c(c1)C(C(=O)Nc1nccnc1C(C)C)CC2. The van der Waals surface area contributed by atoms with E-state index >= 15 is 0 Å². The zero-order chi connectivity index (χ0) is 16.4. The van der Waals surface area contributed by atoms with Gasteiger partial charge in [0.15, 0.2) is 5.82 Å². The summed E-state index contributed by atoms with van der Waals surface area (Å²) < 4.78 is 5.28. The molecule has 3 rings (SSSR count). The van der Waals surface area contributed by atoms with E-state index in [2.05, 4.69) is 15.3 Å². The van der Waals surface area contributed by atoms with Gasteiger partial charge in [-0.05, 0) is 42.0 Å². The van der Waals surface area contributed by atoms with Crippen LogP contribution in [-0.2, 0) is 11.2 Å². The number of nitrogens with zero attached hydrogens (tertiary/aromatic N) is 2. The summed E-state index contributed by atoms with van der Waals surface area (Å²) in [6.07, 6.45) is 4.98. The van der Waals surface area contributed by atoms with Gasteiger partial charge in [0.25, 0.3) is 0 Å². The maximum atomic E-state index is 12.7. The summed E-state index contributed by atoms with van der Waals surface area (Å²) in [5, 5.41) is 2.96. The Labute approximate surface area is 136 Å². The summed E-state index contributed by atoms with van der Waals surface area (Å²) in [6.45, 7) is 4.07. The molecule has 5 nitrogen and oxygen atoms in total. The second-order valence-corrected chi connectivity index (χ2v) is 6.09. The molecule has 0 radical (unpaired) electrons. The maximum absolute atomic E-state index is 12.7. The Morgan fingerprint density at radius 3 is 2.83 bits per heavy atom. The number of carbonyl (C=O) groups is 1. The lowest BCUT2D eigenvalue weighted by Crippen LogP contribution is -2.21. The smallest absolute Gasteiger partial charge is 0.233 e. The molecule has 1 aromatic carbocycles. The van der Waals surface area contributed by atoms with E-state index in [-0.39, 0.29) is 17.7 Å². The molecule has 1 atom stereocenters. The number of carbonyl (C=O) groups excluding carboxylic acids is 1. The number of aryl methyl sites for hydroxylation is 1. The highest BCUT2D eigenvalue weighted by atomic mass is 16.5. The van der Waals surface area contributed by atoms with E-state index in [1.165, 1.54) is 5.56 Å². The predicted octanol–water partition coefficient (Wildman–Crippen LogP) is 3.28. The Morgan fingerprint density at radius 1 is 1.30 bits per heavy atom. The summed E-state index contributed by atoms with van der Waals surface area (Å²) in [5.74, 6) is 1.35. The molecule has 0 spiro atoms. The van der Waals surface area contributed by atoms with E-state index in [9.17, 15) is 4.79 Å². The van der Waals surface area contributed by atoms with Gasteiger partial charge in [-0.3, -0.25) is 9.78 Å². The summed E-state index contributed by atoms with van der Waals surface area (Å²) in [7, 11) is 1.64. The minimum Gasteiger partial charge on any atom is -0.497 e. The second-order valence-electron chi connectivity index (χ2n) is 6.09. The molecular formula is C18H21N3O2. The molecule has 0 fully saturated rings. The van der Waals surface area contributed by atoms with Gasteiger partial charge in [-0.15, -0.1) is 0 Å². The third kappa shape index (κ3) is 3.04.